The second-order valence-electron chi connectivity index (χ2n) is 4.40. The first-order valence-electron chi connectivity index (χ1n) is 5.99. The van der Waals surface area contributed by atoms with Crippen molar-refractivity contribution in [1.82, 2.24) is 0 Å². The minimum absolute atomic E-state index is 0.161. The molecule has 0 radical (unpaired) electrons. The molecule has 2 aromatic carbocycles. The lowest BCUT2D eigenvalue weighted by Gasteiger charge is -2.11. The first kappa shape index (κ1) is 13.0. The van der Waals surface area contributed by atoms with Crippen LogP contribution in [0.4, 0.5) is 16.2 Å². The van der Waals surface area contributed by atoms with Crippen LogP contribution in [0.1, 0.15) is 11.1 Å². The lowest BCUT2D eigenvalue weighted by atomic mass is 10.2. The van der Waals surface area contributed by atoms with Gasteiger partial charge in [0.05, 0.1) is 0 Å². The smallest absolute Gasteiger partial charge is 0.323 e. The maximum Gasteiger partial charge on any atom is 0.323 e. The Hall–Kier alpha value is -2.49. The minimum atomic E-state index is -0.334. The molecule has 0 aliphatic heterocycles. The Morgan fingerprint density at radius 3 is 2.53 bits per heavy atom. The van der Waals surface area contributed by atoms with Gasteiger partial charge >= 0.3 is 6.03 Å². The topological polar surface area (TPSA) is 61.4 Å². The molecule has 0 aliphatic carbocycles. The number of anilines is 2. The van der Waals surface area contributed by atoms with Gasteiger partial charge in [0.25, 0.3) is 0 Å². The van der Waals surface area contributed by atoms with Crippen molar-refractivity contribution in [3.63, 3.8) is 0 Å². The number of hydrogen-bond donors (Lipinski definition) is 3. The van der Waals surface area contributed by atoms with E-state index in [0.717, 1.165) is 11.3 Å². The zero-order valence-corrected chi connectivity index (χ0v) is 10.9. The van der Waals surface area contributed by atoms with Crippen LogP contribution in [0.5, 0.6) is 5.75 Å². The number of phenols is 1. The third-order valence-corrected chi connectivity index (χ3v) is 2.83. The molecule has 0 aliphatic rings. The molecule has 3 N–H and O–H groups in total. The molecule has 0 saturated carbocycles. The van der Waals surface area contributed by atoms with Crippen molar-refractivity contribution in [1.29, 1.82) is 0 Å². The summed E-state index contributed by atoms with van der Waals surface area (Å²) in [5.74, 6) is 0.161. The number of aryl methyl sites for hydroxylation is 1. The molecule has 0 atom stereocenters. The largest absolute Gasteiger partial charge is 0.508 e. The average Bonchev–Trinajstić information content (AvgIpc) is 2.35. The summed E-state index contributed by atoms with van der Waals surface area (Å²) in [6.07, 6.45) is 0. The number of aromatic hydroxyl groups is 1. The summed E-state index contributed by atoms with van der Waals surface area (Å²) < 4.78 is 0. The molecule has 2 aromatic rings. The molecule has 19 heavy (non-hydrogen) atoms. The number of carbonyl (C=O) groups is 1. The highest BCUT2D eigenvalue weighted by molar-refractivity contribution is 6.00. The third-order valence-electron chi connectivity index (χ3n) is 2.83. The molecule has 0 unspecified atom stereocenters. The molecular weight excluding hydrogens is 240 g/mol. The monoisotopic (exact) mass is 256 g/mol. The molecule has 4 heteroatoms. The van der Waals surface area contributed by atoms with Crippen molar-refractivity contribution in [3.05, 3.63) is 53.6 Å². The molecule has 0 aromatic heterocycles. The number of amides is 2. The van der Waals surface area contributed by atoms with Gasteiger partial charge in [0.15, 0.2) is 0 Å². The fourth-order valence-corrected chi connectivity index (χ4v) is 1.77. The number of rotatable bonds is 2. The second-order valence-corrected chi connectivity index (χ2v) is 4.40. The van der Waals surface area contributed by atoms with E-state index in [1.165, 1.54) is 0 Å². The van der Waals surface area contributed by atoms with Crippen LogP contribution in [0.25, 0.3) is 0 Å². The standard InChI is InChI=1S/C15H16N2O2/c1-10-5-3-6-12(9-10)16-15(19)17-13-7-4-8-14(18)11(13)2/h3-9,18H,1-2H3,(H2,16,17,19). The van der Waals surface area contributed by atoms with E-state index < -0.39 is 0 Å². The third kappa shape index (κ3) is 3.25. The Morgan fingerprint density at radius 1 is 1.05 bits per heavy atom. The number of benzene rings is 2. The van der Waals surface area contributed by atoms with Crippen LogP contribution in [0.15, 0.2) is 42.5 Å². The molecule has 0 saturated heterocycles. The Kier molecular flexibility index (Phi) is 3.71. The molecular formula is C15H16N2O2. The first-order chi connectivity index (χ1) is 9.06. The van der Waals surface area contributed by atoms with E-state index in [9.17, 15) is 9.90 Å². The lowest BCUT2D eigenvalue weighted by molar-refractivity contribution is 0.262. The second kappa shape index (κ2) is 5.44. The molecule has 4 nitrogen and oxygen atoms in total. The van der Waals surface area contributed by atoms with E-state index in [4.69, 9.17) is 0 Å². The molecule has 98 valence electrons. The highest BCUT2D eigenvalue weighted by Crippen LogP contribution is 2.24. The summed E-state index contributed by atoms with van der Waals surface area (Å²) in [5.41, 5.74) is 3.04. The zero-order valence-electron chi connectivity index (χ0n) is 10.9. The molecule has 2 rings (SSSR count). The van der Waals surface area contributed by atoms with Gasteiger partial charge in [-0.3, -0.25) is 0 Å². The van der Waals surface area contributed by atoms with Gasteiger partial charge in [-0.25, -0.2) is 4.79 Å². The van der Waals surface area contributed by atoms with Crippen molar-refractivity contribution in [2.45, 2.75) is 13.8 Å². The quantitative estimate of drug-likeness (QED) is 0.768. The fraction of sp³-hybridized carbons (Fsp3) is 0.133. The Bertz CT molecular complexity index is 609. The van der Waals surface area contributed by atoms with Gasteiger partial charge in [0.2, 0.25) is 0 Å². The highest BCUT2D eigenvalue weighted by Gasteiger charge is 2.07. The van der Waals surface area contributed by atoms with Crippen molar-refractivity contribution in [2.24, 2.45) is 0 Å². The maximum absolute atomic E-state index is 11.9. The number of nitrogens with one attached hydrogen (secondary N) is 2. The maximum atomic E-state index is 11.9. The number of carbonyl (C=O) groups excluding carboxylic acids is 1. The summed E-state index contributed by atoms with van der Waals surface area (Å²) in [6.45, 7) is 3.71. The van der Waals surface area contributed by atoms with E-state index in [-0.39, 0.29) is 11.8 Å². The van der Waals surface area contributed by atoms with E-state index >= 15 is 0 Å². The van der Waals surface area contributed by atoms with Crippen LogP contribution in [0, 0.1) is 13.8 Å². The average molecular weight is 256 g/mol. The first-order valence-corrected chi connectivity index (χ1v) is 5.99. The molecule has 0 heterocycles. The Balaban J connectivity index is 2.08. The van der Waals surface area contributed by atoms with Gasteiger partial charge in [-0.2, -0.15) is 0 Å². The van der Waals surface area contributed by atoms with Crippen molar-refractivity contribution >= 4 is 17.4 Å². The van der Waals surface area contributed by atoms with Gasteiger partial charge in [-0.1, -0.05) is 18.2 Å². The fourth-order valence-electron chi connectivity index (χ4n) is 1.77. The van der Waals surface area contributed by atoms with Gasteiger partial charge in [0.1, 0.15) is 5.75 Å². The Morgan fingerprint density at radius 2 is 1.79 bits per heavy atom. The van der Waals surface area contributed by atoms with Crippen molar-refractivity contribution in [3.8, 4) is 5.75 Å². The van der Waals surface area contributed by atoms with Crippen molar-refractivity contribution in [2.75, 3.05) is 10.6 Å². The summed E-state index contributed by atoms with van der Waals surface area (Å²) in [7, 11) is 0. The highest BCUT2D eigenvalue weighted by atomic mass is 16.3. The van der Waals surface area contributed by atoms with Gasteiger partial charge in [-0.05, 0) is 43.7 Å². The van der Waals surface area contributed by atoms with Crippen molar-refractivity contribution < 1.29 is 9.90 Å². The Labute approximate surface area is 112 Å². The normalized spacial score (nSPS) is 10.0. The van der Waals surface area contributed by atoms with E-state index in [0.29, 0.717) is 11.3 Å². The molecule has 0 spiro atoms. The summed E-state index contributed by atoms with van der Waals surface area (Å²) in [4.78, 5) is 11.9. The minimum Gasteiger partial charge on any atom is -0.508 e. The van der Waals surface area contributed by atoms with Crippen LogP contribution < -0.4 is 10.6 Å². The van der Waals surface area contributed by atoms with Gasteiger partial charge < -0.3 is 15.7 Å². The van der Waals surface area contributed by atoms with Crippen LogP contribution in [0.3, 0.4) is 0 Å². The van der Waals surface area contributed by atoms with Gasteiger partial charge in [-0.15, -0.1) is 0 Å². The summed E-state index contributed by atoms with van der Waals surface area (Å²) in [6, 6.07) is 12.2. The molecule has 2 amide bonds. The number of hydrogen-bond acceptors (Lipinski definition) is 2. The molecule has 0 bridgehead atoms. The SMILES string of the molecule is Cc1cccc(NC(=O)Nc2cccc(O)c2C)c1. The zero-order chi connectivity index (χ0) is 13.8. The van der Waals surface area contributed by atoms with Crippen LogP contribution in [-0.4, -0.2) is 11.1 Å². The van der Waals surface area contributed by atoms with E-state index in [2.05, 4.69) is 10.6 Å². The van der Waals surface area contributed by atoms with Crippen LogP contribution in [-0.2, 0) is 0 Å². The van der Waals surface area contributed by atoms with E-state index in [1.807, 2.05) is 31.2 Å². The predicted molar refractivity (Wildman–Crippen MR) is 76.7 cm³/mol. The predicted octanol–water partition coefficient (Wildman–Crippen LogP) is 3.65. The lowest BCUT2D eigenvalue weighted by Crippen LogP contribution is -2.19. The van der Waals surface area contributed by atoms with Crippen LogP contribution >= 0.6 is 0 Å². The molecule has 0 fully saturated rings. The van der Waals surface area contributed by atoms with Gasteiger partial charge in [0, 0.05) is 16.9 Å². The van der Waals surface area contributed by atoms with Crippen LogP contribution in [0.2, 0.25) is 0 Å². The number of urea groups is 1. The van der Waals surface area contributed by atoms with E-state index in [1.54, 1.807) is 25.1 Å². The number of phenolic OH excluding ortho intramolecular Hbond substituents is 1. The summed E-state index contributed by atoms with van der Waals surface area (Å²) in [5, 5.41) is 15.0. The summed E-state index contributed by atoms with van der Waals surface area (Å²) >= 11 is 0.